The molecule has 106 valence electrons. The average Bonchev–Trinajstić information content (AvgIpc) is 2.48. The number of hydrogen-bond acceptors (Lipinski definition) is 5. The highest BCUT2D eigenvalue weighted by atomic mass is 32.2. The zero-order chi connectivity index (χ0) is 15.3. The van der Waals surface area contributed by atoms with Crippen LogP contribution in [0.15, 0.2) is 59.8 Å². The van der Waals surface area contributed by atoms with Crippen molar-refractivity contribution in [1.29, 1.82) is 5.26 Å². The fourth-order valence-electron chi connectivity index (χ4n) is 1.69. The van der Waals surface area contributed by atoms with Crippen LogP contribution < -0.4 is 0 Å². The Morgan fingerprint density at radius 3 is 2.14 bits per heavy atom. The van der Waals surface area contributed by atoms with E-state index < -0.39 is 10.1 Å². The van der Waals surface area contributed by atoms with Gasteiger partial charge in [-0.15, -0.1) is 0 Å². The Balaban J connectivity index is 2.28. The van der Waals surface area contributed by atoms with Crippen LogP contribution in [0.25, 0.3) is 11.1 Å². The third-order valence-corrected chi connectivity index (χ3v) is 2.98. The molecule has 2 rings (SSSR count). The molecule has 0 aliphatic heterocycles. The van der Waals surface area contributed by atoms with Crippen molar-refractivity contribution >= 4 is 15.8 Å². The molecule has 0 aromatic heterocycles. The van der Waals surface area contributed by atoms with Gasteiger partial charge in [0.05, 0.1) is 6.26 Å². The minimum atomic E-state index is -3.73. The van der Waals surface area contributed by atoms with Crippen LogP contribution in [-0.2, 0) is 14.4 Å². The van der Waals surface area contributed by atoms with Crippen LogP contribution in [0.2, 0.25) is 0 Å². The van der Waals surface area contributed by atoms with Crippen LogP contribution in [0.5, 0.6) is 0 Å². The van der Waals surface area contributed by atoms with Crippen LogP contribution in [0.1, 0.15) is 5.56 Å². The second kappa shape index (κ2) is 6.20. The molecule has 0 saturated carbocycles. The number of hydrogen-bond donors (Lipinski definition) is 0. The van der Waals surface area contributed by atoms with Crippen molar-refractivity contribution in [3.05, 3.63) is 60.2 Å². The van der Waals surface area contributed by atoms with E-state index in [-0.39, 0.29) is 5.71 Å². The summed E-state index contributed by atoms with van der Waals surface area (Å²) in [6, 6.07) is 18.6. The van der Waals surface area contributed by atoms with Crippen LogP contribution in [0, 0.1) is 11.3 Å². The molecule has 0 spiro atoms. The van der Waals surface area contributed by atoms with Crippen molar-refractivity contribution in [2.75, 3.05) is 6.26 Å². The second-order valence-electron chi connectivity index (χ2n) is 4.27. The molecule has 0 bridgehead atoms. The summed E-state index contributed by atoms with van der Waals surface area (Å²) in [7, 11) is -3.73. The predicted octanol–water partition coefficient (Wildman–Crippen LogP) is 2.56. The second-order valence-corrected chi connectivity index (χ2v) is 5.83. The minimum absolute atomic E-state index is 0.0972. The van der Waals surface area contributed by atoms with Gasteiger partial charge in [-0.2, -0.15) is 13.7 Å². The largest absolute Gasteiger partial charge is 0.325 e. The van der Waals surface area contributed by atoms with Gasteiger partial charge in [0.2, 0.25) is 0 Å². The monoisotopic (exact) mass is 300 g/mol. The molecule has 21 heavy (non-hydrogen) atoms. The van der Waals surface area contributed by atoms with E-state index in [9.17, 15) is 8.42 Å². The lowest BCUT2D eigenvalue weighted by molar-refractivity contribution is 0.344. The average molecular weight is 300 g/mol. The standard InChI is InChI=1S/C15H12N2O3S/c1-21(18,19)20-17-15(11-16)14-9-7-13(8-10-14)12-5-3-2-4-6-12/h2-10H,1H3/b17-15+. The molecule has 0 aliphatic carbocycles. The molecule has 6 heteroatoms. The highest BCUT2D eigenvalue weighted by molar-refractivity contribution is 7.85. The molecule has 5 nitrogen and oxygen atoms in total. The van der Waals surface area contributed by atoms with Gasteiger partial charge in [0, 0.05) is 5.56 Å². The lowest BCUT2D eigenvalue weighted by atomic mass is 10.0. The third-order valence-electron chi connectivity index (χ3n) is 2.64. The van der Waals surface area contributed by atoms with Gasteiger partial charge < -0.3 is 0 Å². The molecule has 0 fully saturated rings. The van der Waals surface area contributed by atoms with E-state index in [2.05, 4.69) is 9.44 Å². The van der Waals surface area contributed by atoms with Gasteiger partial charge >= 0.3 is 10.1 Å². The van der Waals surface area contributed by atoms with Crippen molar-refractivity contribution in [1.82, 2.24) is 0 Å². The first-order valence-electron chi connectivity index (χ1n) is 6.02. The first-order valence-corrected chi connectivity index (χ1v) is 7.84. The fourth-order valence-corrected chi connectivity index (χ4v) is 1.90. The summed E-state index contributed by atoms with van der Waals surface area (Å²) in [5.74, 6) is 0. The zero-order valence-electron chi connectivity index (χ0n) is 11.2. The Bertz CT molecular complexity index is 789. The fraction of sp³-hybridized carbons (Fsp3) is 0.0667. The number of nitriles is 1. The smallest absolute Gasteiger partial charge is 0.267 e. The van der Waals surface area contributed by atoms with E-state index in [4.69, 9.17) is 5.26 Å². The maximum absolute atomic E-state index is 10.9. The summed E-state index contributed by atoms with van der Waals surface area (Å²) >= 11 is 0. The van der Waals surface area contributed by atoms with Gasteiger partial charge in [-0.3, -0.25) is 4.28 Å². The van der Waals surface area contributed by atoms with Crippen molar-refractivity contribution in [2.24, 2.45) is 5.16 Å². The Labute approximate surface area is 123 Å². The van der Waals surface area contributed by atoms with Crippen LogP contribution in [0.3, 0.4) is 0 Å². The molecule has 0 amide bonds. The number of nitrogens with zero attached hydrogens (tertiary/aromatic N) is 2. The number of benzene rings is 2. The molecule has 0 saturated heterocycles. The summed E-state index contributed by atoms with van der Waals surface area (Å²) in [5.41, 5.74) is 2.42. The molecule has 0 aliphatic rings. The van der Waals surface area contributed by atoms with Crippen molar-refractivity contribution in [2.45, 2.75) is 0 Å². The maximum Gasteiger partial charge on any atom is 0.325 e. The summed E-state index contributed by atoms with van der Waals surface area (Å²) in [4.78, 5) is 0. The van der Waals surface area contributed by atoms with Crippen molar-refractivity contribution in [3.8, 4) is 17.2 Å². The molecular weight excluding hydrogens is 288 g/mol. The summed E-state index contributed by atoms with van der Waals surface area (Å²) in [6.07, 6.45) is 0.865. The van der Waals surface area contributed by atoms with E-state index in [1.165, 1.54) is 0 Å². The van der Waals surface area contributed by atoms with Crippen molar-refractivity contribution < 1.29 is 12.7 Å². The third kappa shape index (κ3) is 4.16. The molecular formula is C15H12N2O3S. The van der Waals surface area contributed by atoms with E-state index in [0.29, 0.717) is 5.56 Å². The highest BCUT2D eigenvalue weighted by Gasteiger charge is 2.07. The van der Waals surface area contributed by atoms with Gasteiger partial charge in [0.15, 0.2) is 5.71 Å². The lowest BCUT2D eigenvalue weighted by Gasteiger charge is -2.03. The summed E-state index contributed by atoms with van der Waals surface area (Å²) in [5, 5.41) is 12.4. The molecule has 0 radical (unpaired) electrons. The predicted molar refractivity (Wildman–Crippen MR) is 80.0 cm³/mol. The first-order chi connectivity index (χ1) is 9.99. The summed E-state index contributed by atoms with van der Waals surface area (Å²) in [6.45, 7) is 0. The quantitative estimate of drug-likeness (QED) is 0.642. The molecule has 0 unspecified atom stereocenters. The summed E-state index contributed by atoms with van der Waals surface area (Å²) < 4.78 is 26.1. The van der Waals surface area contributed by atoms with Crippen LogP contribution >= 0.6 is 0 Å². The Kier molecular flexibility index (Phi) is 4.36. The van der Waals surface area contributed by atoms with E-state index >= 15 is 0 Å². The van der Waals surface area contributed by atoms with Gasteiger partial charge in [-0.25, -0.2) is 0 Å². The zero-order valence-corrected chi connectivity index (χ0v) is 12.0. The van der Waals surface area contributed by atoms with Gasteiger partial charge in [-0.05, 0) is 11.1 Å². The van der Waals surface area contributed by atoms with Gasteiger partial charge in [-0.1, -0.05) is 59.8 Å². The minimum Gasteiger partial charge on any atom is -0.267 e. The molecule has 2 aromatic rings. The van der Waals surface area contributed by atoms with E-state index in [0.717, 1.165) is 17.4 Å². The SMILES string of the molecule is CS(=O)(=O)O/N=C(\C#N)c1ccc(-c2ccccc2)cc1. The maximum atomic E-state index is 10.9. The van der Waals surface area contributed by atoms with Gasteiger partial charge in [0.1, 0.15) is 6.07 Å². The molecule has 0 N–H and O–H groups in total. The number of oxime groups is 1. The lowest BCUT2D eigenvalue weighted by Crippen LogP contribution is -2.03. The van der Waals surface area contributed by atoms with Crippen molar-refractivity contribution in [3.63, 3.8) is 0 Å². The number of rotatable bonds is 4. The van der Waals surface area contributed by atoms with Gasteiger partial charge in [0.25, 0.3) is 0 Å². The molecule has 0 atom stereocenters. The molecule has 2 aromatic carbocycles. The first kappa shape index (κ1) is 14.8. The van der Waals surface area contributed by atoms with E-state index in [1.807, 2.05) is 48.5 Å². The highest BCUT2D eigenvalue weighted by Crippen LogP contribution is 2.19. The Morgan fingerprint density at radius 2 is 1.62 bits per heavy atom. The van der Waals surface area contributed by atoms with Crippen LogP contribution in [0.4, 0.5) is 0 Å². The topological polar surface area (TPSA) is 79.5 Å². The van der Waals surface area contributed by atoms with E-state index in [1.54, 1.807) is 12.1 Å². The normalized spacial score (nSPS) is 11.7. The molecule has 0 heterocycles. The van der Waals surface area contributed by atoms with Crippen LogP contribution in [-0.4, -0.2) is 20.4 Å². The Hall–Kier alpha value is -2.65. The Morgan fingerprint density at radius 1 is 1.05 bits per heavy atom.